The molecule has 0 saturated carbocycles. The second kappa shape index (κ2) is 8.43. The Morgan fingerprint density at radius 1 is 0.867 bits per heavy atom. The molecule has 1 aromatic heterocycles. The summed E-state index contributed by atoms with van der Waals surface area (Å²) in [5.74, 6) is 3.00. The first kappa shape index (κ1) is 20.3. The van der Waals surface area contributed by atoms with Crippen molar-refractivity contribution < 1.29 is 4.42 Å². The first-order chi connectivity index (χ1) is 14.5. The number of benzene rings is 3. The summed E-state index contributed by atoms with van der Waals surface area (Å²) in [6.45, 7) is 11.4. The Morgan fingerprint density at radius 3 is 2.30 bits per heavy atom. The average molecular weight is 399 g/mol. The Balaban J connectivity index is 1.62. The van der Waals surface area contributed by atoms with Crippen molar-refractivity contribution in [2.24, 2.45) is 11.8 Å². The van der Waals surface area contributed by atoms with Gasteiger partial charge in [0.25, 0.3) is 0 Å². The zero-order valence-electron chi connectivity index (χ0n) is 18.5. The number of rotatable bonds is 6. The average Bonchev–Trinajstić information content (AvgIpc) is 3.27. The van der Waals surface area contributed by atoms with Crippen LogP contribution >= 0.6 is 0 Å². The van der Waals surface area contributed by atoms with E-state index < -0.39 is 0 Å². The lowest BCUT2D eigenvalue weighted by Gasteiger charge is -2.25. The molecule has 0 aliphatic heterocycles. The van der Waals surface area contributed by atoms with Gasteiger partial charge in [0.2, 0.25) is 11.8 Å². The van der Waals surface area contributed by atoms with Gasteiger partial charge in [-0.1, -0.05) is 76.6 Å². The Morgan fingerprint density at radius 2 is 1.57 bits per heavy atom. The number of hydrogen-bond acceptors (Lipinski definition) is 3. The maximum Gasteiger partial charge on any atom is 0.248 e. The third-order valence-electron chi connectivity index (χ3n) is 6.68. The summed E-state index contributed by atoms with van der Waals surface area (Å²) in [5.41, 5.74) is 4.48. The van der Waals surface area contributed by atoms with Gasteiger partial charge in [-0.05, 0) is 64.8 Å². The van der Waals surface area contributed by atoms with Gasteiger partial charge in [-0.15, -0.1) is 10.2 Å². The van der Waals surface area contributed by atoms with Crippen molar-refractivity contribution in [2.45, 2.75) is 47.0 Å². The van der Waals surface area contributed by atoms with Gasteiger partial charge in [0.15, 0.2) is 0 Å². The molecule has 3 atom stereocenters. The highest BCUT2D eigenvalue weighted by Gasteiger charge is 2.20. The largest absolute Gasteiger partial charge is 0.416 e. The van der Waals surface area contributed by atoms with Gasteiger partial charge in [-0.2, -0.15) is 0 Å². The van der Waals surface area contributed by atoms with Crippen molar-refractivity contribution in [1.82, 2.24) is 10.2 Å². The fraction of sp³-hybridized carbons (Fsp3) is 0.333. The van der Waals surface area contributed by atoms with Gasteiger partial charge in [0.1, 0.15) is 0 Å². The molecule has 30 heavy (non-hydrogen) atoms. The van der Waals surface area contributed by atoms with Crippen molar-refractivity contribution in [2.75, 3.05) is 0 Å². The van der Waals surface area contributed by atoms with E-state index in [4.69, 9.17) is 4.42 Å². The molecule has 3 nitrogen and oxygen atoms in total. The molecule has 0 fully saturated rings. The Kier molecular flexibility index (Phi) is 5.72. The summed E-state index contributed by atoms with van der Waals surface area (Å²) in [7, 11) is 0. The SMILES string of the molecule is CCC(C)C(C)C(C)c1ccc(-c2nnc(-c3cc(C)cc4ccccc34)o2)cc1. The van der Waals surface area contributed by atoms with Crippen molar-refractivity contribution in [3.63, 3.8) is 0 Å². The topological polar surface area (TPSA) is 38.9 Å². The molecular formula is C27H30N2O. The normalized spacial score (nSPS) is 14.6. The highest BCUT2D eigenvalue weighted by molar-refractivity contribution is 5.95. The first-order valence-electron chi connectivity index (χ1n) is 10.9. The van der Waals surface area contributed by atoms with E-state index >= 15 is 0 Å². The fourth-order valence-electron chi connectivity index (χ4n) is 4.18. The second-order valence-electron chi connectivity index (χ2n) is 8.60. The third kappa shape index (κ3) is 3.89. The van der Waals surface area contributed by atoms with Crippen LogP contribution in [0.1, 0.15) is 51.2 Å². The predicted molar refractivity (Wildman–Crippen MR) is 124 cm³/mol. The van der Waals surface area contributed by atoms with Crippen LogP contribution in [0.15, 0.2) is 65.1 Å². The Hall–Kier alpha value is -2.94. The van der Waals surface area contributed by atoms with Crippen molar-refractivity contribution >= 4 is 10.8 Å². The molecule has 0 N–H and O–H groups in total. The van der Waals surface area contributed by atoms with Crippen LogP contribution in [0, 0.1) is 18.8 Å². The van der Waals surface area contributed by atoms with Gasteiger partial charge in [0, 0.05) is 11.1 Å². The standard InChI is InChI=1S/C27H30N2O/c1-6-18(3)19(4)20(5)21-11-13-22(14-12-21)26-28-29-27(30-26)25-16-17(2)15-23-9-7-8-10-24(23)25/h7-16,18-20H,6H2,1-5H3. The monoisotopic (exact) mass is 398 g/mol. The molecule has 4 aromatic rings. The molecule has 3 heteroatoms. The molecule has 154 valence electrons. The van der Waals surface area contributed by atoms with Crippen LogP contribution in [-0.4, -0.2) is 10.2 Å². The minimum Gasteiger partial charge on any atom is -0.416 e. The molecule has 0 amide bonds. The van der Waals surface area contributed by atoms with E-state index in [1.54, 1.807) is 0 Å². The van der Waals surface area contributed by atoms with Crippen LogP contribution in [0.5, 0.6) is 0 Å². The van der Waals surface area contributed by atoms with Gasteiger partial charge in [-0.25, -0.2) is 0 Å². The zero-order chi connectivity index (χ0) is 21.3. The molecule has 3 unspecified atom stereocenters. The summed E-state index contributed by atoms with van der Waals surface area (Å²) >= 11 is 0. The van der Waals surface area contributed by atoms with Crippen LogP contribution in [0.25, 0.3) is 33.7 Å². The second-order valence-corrected chi connectivity index (χ2v) is 8.60. The summed E-state index contributed by atoms with van der Waals surface area (Å²) in [5, 5.41) is 11.0. The van der Waals surface area contributed by atoms with E-state index in [1.165, 1.54) is 22.9 Å². The van der Waals surface area contributed by atoms with E-state index in [0.29, 0.717) is 29.5 Å². The van der Waals surface area contributed by atoms with Crippen LogP contribution in [0.2, 0.25) is 0 Å². The molecule has 4 rings (SSSR count). The molecule has 0 radical (unpaired) electrons. The smallest absolute Gasteiger partial charge is 0.248 e. The van der Waals surface area contributed by atoms with E-state index in [1.807, 2.05) is 6.07 Å². The third-order valence-corrected chi connectivity index (χ3v) is 6.68. The first-order valence-corrected chi connectivity index (χ1v) is 10.9. The van der Waals surface area contributed by atoms with Crippen molar-refractivity contribution in [1.29, 1.82) is 0 Å². The summed E-state index contributed by atoms with van der Waals surface area (Å²) in [4.78, 5) is 0. The van der Waals surface area contributed by atoms with Gasteiger partial charge >= 0.3 is 0 Å². The van der Waals surface area contributed by atoms with E-state index in [0.717, 1.165) is 16.5 Å². The highest BCUT2D eigenvalue weighted by Crippen LogP contribution is 2.34. The summed E-state index contributed by atoms with van der Waals surface area (Å²) in [6.07, 6.45) is 1.21. The van der Waals surface area contributed by atoms with Gasteiger partial charge in [0.05, 0.1) is 0 Å². The molecule has 0 saturated heterocycles. The molecule has 0 bridgehead atoms. The van der Waals surface area contributed by atoms with E-state index in [-0.39, 0.29) is 0 Å². The van der Waals surface area contributed by atoms with Gasteiger partial charge < -0.3 is 4.42 Å². The lowest BCUT2D eigenvalue weighted by Crippen LogP contribution is -2.14. The molecule has 3 aromatic carbocycles. The minimum absolute atomic E-state index is 0.519. The molecule has 0 spiro atoms. The Bertz CT molecular complexity index is 1140. The highest BCUT2D eigenvalue weighted by atomic mass is 16.4. The van der Waals surface area contributed by atoms with Crippen molar-refractivity contribution in [3.05, 3.63) is 71.8 Å². The Labute approximate surface area is 179 Å². The van der Waals surface area contributed by atoms with E-state index in [2.05, 4.69) is 99.4 Å². The van der Waals surface area contributed by atoms with E-state index in [9.17, 15) is 0 Å². The zero-order valence-corrected chi connectivity index (χ0v) is 18.5. The lowest BCUT2D eigenvalue weighted by molar-refractivity contribution is 0.330. The number of hydrogen-bond donors (Lipinski definition) is 0. The predicted octanol–water partition coefficient (Wildman–Crippen LogP) is 7.65. The number of nitrogens with zero attached hydrogens (tertiary/aromatic N) is 2. The van der Waals surface area contributed by atoms with Gasteiger partial charge in [-0.3, -0.25) is 0 Å². The van der Waals surface area contributed by atoms with Crippen molar-refractivity contribution in [3.8, 4) is 22.9 Å². The molecule has 1 heterocycles. The van der Waals surface area contributed by atoms with Crippen LogP contribution in [0.3, 0.4) is 0 Å². The fourth-order valence-corrected chi connectivity index (χ4v) is 4.18. The van der Waals surface area contributed by atoms with Crippen LogP contribution in [0.4, 0.5) is 0 Å². The molecule has 0 aliphatic carbocycles. The van der Waals surface area contributed by atoms with Crippen LogP contribution in [-0.2, 0) is 0 Å². The number of aromatic nitrogens is 2. The minimum atomic E-state index is 0.519. The quantitative estimate of drug-likeness (QED) is 0.335. The molecule has 0 aliphatic rings. The number of aryl methyl sites for hydroxylation is 1. The lowest BCUT2D eigenvalue weighted by atomic mass is 9.80. The summed E-state index contributed by atoms with van der Waals surface area (Å²) in [6, 6.07) is 21.2. The maximum atomic E-state index is 6.10. The molecular weight excluding hydrogens is 368 g/mol. The number of fused-ring (bicyclic) bond motifs is 1. The summed E-state index contributed by atoms with van der Waals surface area (Å²) < 4.78 is 6.10. The van der Waals surface area contributed by atoms with Crippen LogP contribution < -0.4 is 0 Å². The maximum absolute atomic E-state index is 6.10.